The number of nitrogens with zero attached hydrogens (tertiary/aromatic N) is 4. The van der Waals surface area contributed by atoms with E-state index in [2.05, 4.69) is 25.4 Å². The van der Waals surface area contributed by atoms with Crippen molar-refractivity contribution in [2.75, 3.05) is 18.0 Å². The number of benzene rings is 1. The first kappa shape index (κ1) is 16.9. The minimum atomic E-state index is -0.250. The fraction of sp³-hybridized carbons (Fsp3) is 0.412. The predicted molar refractivity (Wildman–Crippen MR) is 95.4 cm³/mol. The second-order valence-electron chi connectivity index (χ2n) is 6.30. The third-order valence-corrected chi connectivity index (χ3v) is 5.54. The molecule has 26 heavy (non-hydrogen) atoms. The summed E-state index contributed by atoms with van der Waals surface area (Å²) in [6, 6.07) is 4.63. The van der Waals surface area contributed by atoms with Gasteiger partial charge in [0.25, 0.3) is 0 Å². The number of carbonyl (C=O) groups excluding carboxylic acids is 1. The highest BCUT2D eigenvalue weighted by Crippen LogP contribution is 2.31. The topological polar surface area (TPSA) is 84.2 Å². The summed E-state index contributed by atoms with van der Waals surface area (Å²) >= 11 is 1.48. The fourth-order valence-electron chi connectivity index (χ4n) is 3.07. The Hall–Kier alpha value is -2.55. The van der Waals surface area contributed by atoms with Gasteiger partial charge in [0.15, 0.2) is 5.13 Å². The van der Waals surface area contributed by atoms with Gasteiger partial charge in [-0.15, -0.1) is 10.2 Å². The number of aromatic nitrogens is 3. The molecule has 0 aliphatic carbocycles. The number of anilines is 1. The smallest absolute Gasteiger partial charge is 0.235 e. The summed E-state index contributed by atoms with van der Waals surface area (Å²) in [4.78, 5) is 19.1. The number of carbonyl (C=O) groups is 1. The van der Waals surface area contributed by atoms with Gasteiger partial charge in [0.1, 0.15) is 5.82 Å². The molecule has 7 nitrogen and oxygen atoms in total. The summed E-state index contributed by atoms with van der Waals surface area (Å²) in [5.74, 6) is 0.613. The molecule has 0 spiro atoms. The number of fused-ring (bicyclic) bond motifs is 1. The van der Waals surface area contributed by atoms with Crippen LogP contribution in [0.1, 0.15) is 24.6 Å². The van der Waals surface area contributed by atoms with Gasteiger partial charge in [0, 0.05) is 25.9 Å². The van der Waals surface area contributed by atoms with Crippen molar-refractivity contribution in [3.63, 3.8) is 0 Å². The van der Waals surface area contributed by atoms with Crippen molar-refractivity contribution in [2.24, 2.45) is 5.92 Å². The molecule has 0 atom stereocenters. The average Bonchev–Trinajstić information content (AvgIpc) is 3.25. The third-order valence-electron chi connectivity index (χ3n) is 4.46. The van der Waals surface area contributed by atoms with Gasteiger partial charge in [-0.2, -0.15) is 0 Å². The first-order valence-electron chi connectivity index (χ1n) is 8.46. The second-order valence-corrected chi connectivity index (χ2v) is 7.31. The van der Waals surface area contributed by atoms with E-state index in [0.717, 1.165) is 41.3 Å². The first-order valence-corrected chi connectivity index (χ1v) is 9.28. The molecular weight excluding hydrogens is 357 g/mol. The predicted octanol–water partition coefficient (Wildman–Crippen LogP) is 2.66. The molecule has 136 valence electrons. The lowest BCUT2D eigenvalue weighted by atomic mass is 9.96. The van der Waals surface area contributed by atoms with E-state index >= 15 is 0 Å². The van der Waals surface area contributed by atoms with Crippen LogP contribution in [0.4, 0.5) is 9.52 Å². The molecule has 3 heterocycles. The lowest BCUT2D eigenvalue weighted by Gasteiger charge is -2.30. The van der Waals surface area contributed by atoms with Crippen molar-refractivity contribution in [3.8, 4) is 0 Å². The number of hydrogen-bond donors (Lipinski definition) is 1. The molecule has 1 N–H and O–H groups in total. The number of amides is 1. The maximum absolute atomic E-state index is 13.3. The number of aryl methyl sites for hydroxylation is 1. The van der Waals surface area contributed by atoms with Crippen LogP contribution >= 0.6 is 11.3 Å². The van der Waals surface area contributed by atoms with Crippen molar-refractivity contribution >= 4 is 32.6 Å². The van der Waals surface area contributed by atoms with Crippen LogP contribution < -0.4 is 10.2 Å². The number of rotatable bonds is 4. The van der Waals surface area contributed by atoms with Crippen LogP contribution in [0.5, 0.6) is 0 Å². The lowest BCUT2D eigenvalue weighted by molar-refractivity contribution is -0.125. The fourth-order valence-corrected chi connectivity index (χ4v) is 4.11. The largest absolute Gasteiger partial charge is 0.424 e. The minimum absolute atomic E-state index is 0.00636. The standard InChI is InChI=1S/C17H18FN5O2S/c1-10-21-22-15(25-10)9-19-16(24)11-4-6-23(7-5-11)17-20-13-3-2-12(18)8-14(13)26-17/h2-3,8,11H,4-7,9H2,1H3,(H,19,24). The van der Waals surface area contributed by atoms with E-state index < -0.39 is 0 Å². The van der Waals surface area contributed by atoms with Crippen molar-refractivity contribution in [1.82, 2.24) is 20.5 Å². The van der Waals surface area contributed by atoms with E-state index in [1.54, 1.807) is 13.0 Å². The van der Waals surface area contributed by atoms with Crippen LogP contribution in [0, 0.1) is 18.7 Å². The summed E-state index contributed by atoms with van der Waals surface area (Å²) in [5.41, 5.74) is 0.807. The van der Waals surface area contributed by atoms with E-state index in [1.807, 2.05) is 0 Å². The van der Waals surface area contributed by atoms with Gasteiger partial charge < -0.3 is 14.6 Å². The molecule has 0 saturated carbocycles. The molecule has 2 aromatic heterocycles. The normalized spacial score (nSPS) is 15.5. The lowest BCUT2D eigenvalue weighted by Crippen LogP contribution is -2.40. The maximum Gasteiger partial charge on any atom is 0.235 e. The van der Waals surface area contributed by atoms with E-state index in [0.29, 0.717) is 11.8 Å². The van der Waals surface area contributed by atoms with Crippen LogP contribution in [0.2, 0.25) is 0 Å². The summed E-state index contributed by atoms with van der Waals surface area (Å²) in [7, 11) is 0. The van der Waals surface area contributed by atoms with Gasteiger partial charge in [-0.25, -0.2) is 9.37 Å². The number of thiazole rings is 1. The van der Waals surface area contributed by atoms with Crippen LogP contribution in [0.3, 0.4) is 0 Å². The zero-order valence-corrected chi connectivity index (χ0v) is 15.1. The number of piperidine rings is 1. The third kappa shape index (κ3) is 3.52. The first-order chi connectivity index (χ1) is 12.6. The van der Waals surface area contributed by atoms with Crippen molar-refractivity contribution in [3.05, 3.63) is 35.8 Å². The van der Waals surface area contributed by atoms with Gasteiger partial charge in [-0.05, 0) is 31.0 Å². The number of hydrogen-bond acceptors (Lipinski definition) is 7. The summed E-state index contributed by atoms with van der Waals surface area (Å²) < 4.78 is 19.4. The SMILES string of the molecule is Cc1nnc(CNC(=O)C2CCN(c3nc4ccc(F)cc4s3)CC2)o1. The van der Waals surface area contributed by atoms with E-state index in [9.17, 15) is 9.18 Å². The molecule has 1 aliphatic rings. The Morgan fingerprint density at radius 3 is 2.92 bits per heavy atom. The Balaban J connectivity index is 1.33. The molecule has 0 radical (unpaired) electrons. The van der Waals surface area contributed by atoms with Gasteiger partial charge in [0.05, 0.1) is 16.8 Å². The Bertz CT molecular complexity index is 932. The molecule has 0 bridgehead atoms. The Kier molecular flexibility index (Phi) is 4.54. The van der Waals surface area contributed by atoms with Crippen molar-refractivity contribution in [1.29, 1.82) is 0 Å². The Morgan fingerprint density at radius 1 is 1.38 bits per heavy atom. The maximum atomic E-state index is 13.3. The molecule has 9 heteroatoms. The minimum Gasteiger partial charge on any atom is -0.424 e. The number of nitrogens with one attached hydrogen (secondary N) is 1. The summed E-state index contributed by atoms with van der Waals surface area (Å²) in [5, 5.41) is 11.3. The molecule has 1 fully saturated rings. The summed E-state index contributed by atoms with van der Waals surface area (Å²) in [6.07, 6.45) is 1.50. The summed E-state index contributed by atoms with van der Waals surface area (Å²) in [6.45, 7) is 3.47. The quantitative estimate of drug-likeness (QED) is 0.755. The monoisotopic (exact) mass is 375 g/mol. The highest BCUT2D eigenvalue weighted by Gasteiger charge is 2.26. The van der Waals surface area contributed by atoms with Crippen LogP contribution in [0.15, 0.2) is 22.6 Å². The van der Waals surface area contributed by atoms with Crippen LogP contribution in [-0.4, -0.2) is 34.2 Å². The molecule has 1 aromatic carbocycles. The number of halogens is 1. The highest BCUT2D eigenvalue weighted by atomic mass is 32.1. The van der Waals surface area contributed by atoms with Crippen molar-refractivity contribution < 1.29 is 13.6 Å². The Labute approximate surface area is 153 Å². The van der Waals surface area contributed by atoms with Crippen LogP contribution in [-0.2, 0) is 11.3 Å². The van der Waals surface area contributed by atoms with Crippen molar-refractivity contribution in [2.45, 2.75) is 26.3 Å². The van der Waals surface area contributed by atoms with E-state index in [1.165, 1.54) is 23.5 Å². The molecule has 4 rings (SSSR count). The van der Waals surface area contributed by atoms with E-state index in [4.69, 9.17) is 4.42 Å². The van der Waals surface area contributed by atoms with Gasteiger partial charge >= 0.3 is 0 Å². The van der Waals surface area contributed by atoms with Crippen LogP contribution in [0.25, 0.3) is 10.2 Å². The molecule has 3 aromatic rings. The molecule has 0 unspecified atom stereocenters. The van der Waals surface area contributed by atoms with Gasteiger partial charge in [-0.3, -0.25) is 4.79 Å². The van der Waals surface area contributed by atoms with Gasteiger partial charge in [-0.1, -0.05) is 11.3 Å². The molecule has 1 saturated heterocycles. The zero-order chi connectivity index (χ0) is 18.1. The molecule has 1 aliphatic heterocycles. The molecule has 1 amide bonds. The Morgan fingerprint density at radius 2 is 2.19 bits per heavy atom. The second kappa shape index (κ2) is 6.99. The highest BCUT2D eigenvalue weighted by molar-refractivity contribution is 7.22. The van der Waals surface area contributed by atoms with Gasteiger partial charge in [0.2, 0.25) is 17.7 Å². The van der Waals surface area contributed by atoms with E-state index in [-0.39, 0.29) is 24.2 Å². The zero-order valence-electron chi connectivity index (χ0n) is 14.2. The average molecular weight is 375 g/mol. The molecular formula is C17H18FN5O2S.